The molecule has 40 heavy (non-hydrogen) atoms. The number of phenols is 1. The summed E-state index contributed by atoms with van der Waals surface area (Å²) in [5, 5.41) is 24.3. The minimum absolute atomic E-state index is 0.0516. The van der Waals surface area contributed by atoms with Crippen LogP contribution in [0.3, 0.4) is 0 Å². The molecule has 2 unspecified atom stereocenters. The summed E-state index contributed by atoms with van der Waals surface area (Å²) in [5.74, 6) is -1.84. The first-order valence-corrected chi connectivity index (χ1v) is 13.8. The van der Waals surface area contributed by atoms with Gasteiger partial charge < -0.3 is 20.1 Å². The second kappa shape index (κ2) is 9.49. The molecule has 0 spiro atoms. The monoisotopic (exact) mass is 550 g/mol. The SMILES string of the molecule is N#Cc1cc2c(N3CC4CCC(C3)N4)nc(OC[C@@]34CCCN3C[C@H](F)C4)nc2c(F)c1-c1c(O)cccc1F. The number of fused-ring (bicyclic) bond motifs is 4. The molecule has 4 aliphatic heterocycles. The largest absolute Gasteiger partial charge is 0.507 e. The topological polar surface area (TPSA) is 97.5 Å². The first kappa shape index (κ1) is 25.4. The van der Waals surface area contributed by atoms with Crippen LogP contribution in [-0.4, -0.2) is 76.6 Å². The summed E-state index contributed by atoms with van der Waals surface area (Å²) >= 11 is 0. The predicted molar refractivity (Wildman–Crippen MR) is 142 cm³/mol. The summed E-state index contributed by atoms with van der Waals surface area (Å²) in [6.45, 7) is 2.63. The van der Waals surface area contributed by atoms with Crippen LogP contribution in [0, 0.1) is 23.0 Å². The molecular formula is C29H29F3N6O2. The Labute approximate surface area is 229 Å². The van der Waals surface area contributed by atoms with Gasteiger partial charge in [0, 0.05) is 49.1 Å². The van der Waals surface area contributed by atoms with Gasteiger partial charge in [0.1, 0.15) is 35.7 Å². The highest BCUT2D eigenvalue weighted by Crippen LogP contribution is 2.43. The van der Waals surface area contributed by atoms with Gasteiger partial charge in [-0.3, -0.25) is 4.90 Å². The average Bonchev–Trinajstić information content (AvgIpc) is 3.58. The molecule has 0 radical (unpaired) electrons. The van der Waals surface area contributed by atoms with Gasteiger partial charge >= 0.3 is 6.01 Å². The van der Waals surface area contributed by atoms with Gasteiger partial charge in [0.2, 0.25) is 0 Å². The fraction of sp³-hybridized carbons (Fsp3) is 0.483. The number of hydrogen-bond acceptors (Lipinski definition) is 8. The van der Waals surface area contributed by atoms with E-state index in [1.807, 2.05) is 6.07 Å². The van der Waals surface area contributed by atoms with E-state index < -0.39 is 34.7 Å². The number of aromatic hydroxyl groups is 1. The number of benzene rings is 2. The maximum absolute atomic E-state index is 16.4. The Bertz CT molecular complexity index is 1510. The van der Waals surface area contributed by atoms with E-state index in [4.69, 9.17) is 9.72 Å². The van der Waals surface area contributed by atoms with Crippen LogP contribution in [0.15, 0.2) is 24.3 Å². The van der Waals surface area contributed by atoms with Crippen LogP contribution in [-0.2, 0) is 0 Å². The summed E-state index contributed by atoms with van der Waals surface area (Å²) < 4.78 is 51.7. The highest BCUT2D eigenvalue weighted by molar-refractivity contribution is 5.96. The maximum atomic E-state index is 16.4. The van der Waals surface area contributed by atoms with Crippen LogP contribution < -0.4 is 15.0 Å². The highest BCUT2D eigenvalue weighted by atomic mass is 19.1. The Morgan fingerprint density at radius 2 is 1.95 bits per heavy atom. The normalized spacial score (nSPS) is 27.8. The van der Waals surface area contributed by atoms with E-state index in [2.05, 4.69) is 20.1 Å². The van der Waals surface area contributed by atoms with Crippen molar-refractivity contribution in [3.8, 4) is 29.0 Å². The van der Waals surface area contributed by atoms with Crippen molar-refractivity contribution in [2.75, 3.05) is 37.7 Å². The molecule has 4 fully saturated rings. The third-order valence-electron chi connectivity index (χ3n) is 9.00. The molecule has 4 saturated heterocycles. The zero-order valence-corrected chi connectivity index (χ0v) is 21.8. The number of nitrogens with one attached hydrogen (secondary N) is 1. The summed E-state index contributed by atoms with van der Waals surface area (Å²) in [6, 6.07) is 7.55. The van der Waals surface area contributed by atoms with Crippen LogP contribution in [0.1, 0.15) is 37.7 Å². The number of rotatable bonds is 5. The highest BCUT2D eigenvalue weighted by Gasteiger charge is 2.49. The van der Waals surface area contributed by atoms with E-state index in [-0.39, 0.29) is 41.3 Å². The van der Waals surface area contributed by atoms with Crippen molar-refractivity contribution in [1.82, 2.24) is 20.2 Å². The molecule has 7 rings (SSSR count). The van der Waals surface area contributed by atoms with E-state index >= 15 is 4.39 Å². The second-order valence-corrected chi connectivity index (χ2v) is 11.5. The molecule has 2 N–H and O–H groups in total. The molecule has 5 heterocycles. The lowest BCUT2D eigenvalue weighted by molar-refractivity contribution is 0.107. The van der Waals surface area contributed by atoms with Crippen molar-refractivity contribution >= 4 is 16.7 Å². The lowest BCUT2D eigenvalue weighted by atomic mass is 9.95. The summed E-state index contributed by atoms with van der Waals surface area (Å²) in [5.41, 5.74) is -1.47. The number of aromatic nitrogens is 2. The third kappa shape index (κ3) is 4.04. The molecule has 0 amide bonds. The van der Waals surface area contributed by atoms with Crippen molar-refractivity contribution in [3.05, 3.63) is 41.5 Å². The maximum Gasteiger partial charge on any atom is 0.319 e. The van der Waals surface area contributed by atoms with Crippen molar-refractivity contribution in [1.29, 1.82) is 5.26 Å². The number of hydrogen-bond donors (Lipinski definition) is 2. The summed E-state index contributed by atoms with van der Waals surface area (Å²) in [7, 11) is 0. The van der Waals surface area contributed by atoms with Crippen molar-refractivity contribution in [3.63, 3.8) is 0 Å². The van der Waals surface area contributed by atoms with Gasteiger partial charge in [-0.05, 0) is 50.4 Å². The van der Waals surface area contributed by atoms with Gasteiger partial charge in [0.05, 0.1) is 22.7 Å². The lowest BCUT2D eigenvalue weighted by Gasteiger charge is -2.34. The number of piperazine rings is 1. The van der Waals surface area contributed by atoms with Gasteiger partial charge in [-0.25, -0.2) is 13.2 Å². The standard InChI is InChI=1S/C29H29F3N6O2/c30-17-10-29(7-2-8-38(29)12-17)15-40-28-35-26-20(27(36-28)37-13-18-5-6-19(14-37)34-18)9-16(11-33)23(25(26)32)24-21(31)3-1-4-22(24)39/h1,3-4,9,17-19,34,39H,2,5-8,10,12-15H2/t17-,18?,19?,29+/m1/s1. The van der Waals surface area contributed by atoms with Gasteiger partial charge in [0.25, 0.3) is 0 Å². The van der Waals surface area contributed by atoms with E-state index in [9.17, 15) is 19.1 Å². The number of alkyl halides is 1. The molecule has 11 heteroatoms. The first-order chi connectivity index (χ1) is 19.3. The van der Waals surface area contributed by atoms with Gasteiger partial charge in [-0.2, -0.15) is 15.2 Å². The fourth-order valence-electron chi connectivity index (χ4n) is 7.21. The molecule has 8 nitrogen and oxygen atoms in total. The van der Waals surface area contributed by atoms with E-state index in [0.29, 0.717) is 37.3 Å². The molecule has 2 bridgehead atoms. The number of nitriles is 1. The zero-order chi connectivity index (χ0) is 27.6. The number of nitrogens with zero attached hydrogens (tertiary/aromatic N) is 5. The second-order valence-electron chi connectivity index (χ2n) is 11.5. The predicted octanol–water partition coefficient (Wildman–Crippen LogP) is 4.05. The molecule has 3 aromatic rings. The third-order valence-corrected chi connectivity index (χ3v) is 9.00. The zero-order valence-electron chi connectivity index (χ0n) is 21.8. The molecule has 4 aliphatic rings. The van der Waals surface area contributed by atoms with Crippen molar-refractivity contribution in [2.45, 2.75) is 55.9 Å². The minimum atomic E-state index is -0.939. The number of phenolic OH excluding ortho intramolecular Hbond substituents is 1. The molecule has 1 aromatic heterocycles. The van der Waals surface area contributed by atoms with Crippen LogP contribution in [0.5, 0.6) is 11.8 Å². The lowest BCUT2D eigenvalue weighted by Crippen LogP contribution is -2.51. The molecule has 0 aliphatic carbocycles. The first-order valence-electron chi connectivity index (χ1n) is 13.8. The van der Waals surface area contributed by atoms with E-state index in [0.717, 1.165) is 38.3 Å². The fourth-order valence-corrected chi connectivity index (χ4v) is 7.21. The molecule has 0 saturated carbocycles. The average molecular weight is 551 g/mol. The number of halogens is 3. The Morgan fingerprint density at radius 3 is 2.70 bits per heavy atom. The number of ether oxygens (including phenoxy) is 1. The van der Waals surface area contributed by atoms with Crippen molar-refractivity contribution in [2.24, 2.45) is 0 Å². The van der Waals surface area contributed by atoms with Gasteiger partial charge in [-0.15, -0.1) is 0 Å². The smallest absolute Gasteiger partial charge is 0.319 e. The number of anilines is 1. The molecule has 4 atom stereocenters. The molecular weight excluding hydrogens is 521 g/mol. The molecule has 208 valence electrons. The minimum Gasteiger partial charge on any atom is -0.507 e. The quantitative estimate of drug-likeness (QED) is 0.491. The van der Waals surface area contributed by atoms with E-state index in [1.165, 1.54) is 18.2 Å². The van der Waals surface area contributed by atoms with Crippen LogP contribution in [0.4, 0.5) is 19.0 Å². The van der Waals surface area contributed by atoms with Crippen LogP contribution in [0.25, 0.3) is 22.0 Å². The Hall–Kier alpha value is -3.62. The summed E-state index contributed by atoms with van der Waals surface area (Å²) in [6.07, 6.45) is 3.22. The van der Waals surface area contributed by atoms with Gasteiger partial charge in [0.15, 0.2) is 5.82 Å². The van der Waals surface area contributed by atoms with Crippen LogP contribution in [0.2, 0.25) is 0 Å². The summed E-state index contributed by atoms with van der Waals surface area (Å²) in [4.78, 5) is 13.3. The Balaban J connectivity index is 1.37. The Morgan fingerprint density at radius 1 is 1.15 bits per heavy atom. The Kier molecular flexibility index (Phi) is 6.02. The van der Waals surface area contributed by atoms with Gasteiger partial charge in [-0.1, -0.05) is 6.07 Å². The molecule has 2 aromatic carbocycles. The van der Waals surface area contributed by atoms with E-state index in [1.54, 1.807) is 0 Å². The van der Waals surface area contributed by atoms with Crippen molar-refractivity contribution < 1.29 is 23.0 Å². The van der Waals surface area contributed by atoms with Crippen LogP contribution >= 0.6 is 0 Å².